The third-order valence-electron chi connectivity index (χ3n) is 5.09. The summed E-state index contributed by atoms with van der Waals surface area (Å²) in [4.78, 5) is 20.2. The summed E-state index contributed by atoms with van der Waals surface area (Å²) >= 11 is 0. The van der Waals surface area contributed by atoms with Crippen molar-refractivity contribution in [2.75, 3.05) is 31.7 Å². The highest BCUT2D eigenvalue weighted by atomic mass is 16.5. The maximum Gasteiger partial charge on any atom is 0.182 e. The highest BCUT2D eigenvalue weighted by molar-refractivity contribution is 6.48. The van der Waals surface area contributed by atoms with Crippen molar-refractivity contribution >= 4 is 22.8 Å². The molecule has 0 spiro atoms. The van der Waals surface area contributed by atoms with Crippen LogP contribution in [0.1, 0.15) is 25.2 Å². The first-order valence-corrected chi connectivity index (χ1v) is 9.96. The van der Waals surface area contributed by atoms with Crippen molar-refractivity contribution in [3.8, 4) is 11.4 Å². The molecule has 1 aliphatic rings. The van der Waals surface area contributed by atoms with Crippen LogP contribution in [0.25, 0.3) is 11.4 Å². The molecule has 1 aromatic carbocycles. The normalized spacial score (nSPS) is 14.1. The first-order chi connectivity index (χ1) is 14.6. The average molecular weight is 403 g/mol. The number of likely N-dealkylation sites (N-methyl/N-ethyl adjacent to an activating group) is 1. The Morgan fingerprint density at radius 3 is 2.70 bits per heavy atom. The van der Waals surface area contributed by atoms with E-state index in [1.165, 1.54) is 5.69 Å². The molecule has 0 saturated carbocycles. The van der Waals surface area contributed by atoms with Crippen molar-refractivity contribution in [1.82, 2.24) is 19.6 Å². The fourth-order valence-electron chi connectivity index (χ4n) is 3.46. The summed E-state index contributed by atoms with van der Waals surface area (Å²) in [7, 11) is 1.73. The van der Waals surface area contributed by atoms with Gasteiger partial charge in [-0.25, -0.2) is 14.7 Å². The monoisotopic (exact) mass is 403 g/mol. The van der Waals surface area contributed by atoms with Crippen LogP contribution in [0, 0.1) is 6.92 Å². The van der Waals surface area contributed by atoms with Crippen molar-refractivity contribution < 1.29 is 4.74 Å². The zero-order chi connectivity index (χ0) is 21.1. The van der Waals surface area contributed by atoms with Gasteiger partial charge in [0.05, 0.1) is 30.4 Å². The number of nitrogens with zero attached hydrogens (tertiary/aromatic N) is 7. The maximum absolute atomic E-state index is 5.22. The highest BCUT2D eigenvalue weighted by Crippen LogP contribution is 2.28. The van der Waals surface area contributed by atoms with E-state index in [0.29, 0.717) is 12.4 Å². The van der Waals surface area contributed by atoms with Crippen LogP contribution >= 0.6 is 0 Å². The number of hydrogen-bond donors (Lipinski definition) is 0. The van der Waals surface area contributed by atoms with Gasteiger partial charge in [-0.1, -0.05) is 0 Å². The van der Waals surface area contributed by atoms with Crippen LogP contribution in [-0.2, 0) is 4.74 Å². The lowest BCUT2D eigenvalue weighted by Gasteiger charge is -2.23. The van der Waals surface area contributed by atoms with Gasteiger partial charge in [0.15, 0.2) is 5.82 Å². The van der Waals surface area contributed by atoms with E-state index in [2.05, 4.69) is 57.0 Å². The Bertz CT molecular complexity index is 1100. The highest BCUT2D eigenvalue weighted by Gasteiger charge is 2.25. The van der Waals surface area contributed by atoms with Crippen LogP contribution < -0.4 is 4.90 Å². The Morgan fingerprint density at radius 1 is 1.13 bits per heavy atom. The minimum absolute atomic E-state index is 0.698. The molecule has 4 rings (SSSR count). The predicted molar refractivity (Wildman–Crippen MR) is 119 cm³/mol. The SMILES string of the molecule is CCN(CCOC)c1ccc(N=C2C(C)=Nn3c(-c4cnccn4)cnc32)c(C)c1. The third-order valence-corrected chi connectivity index (χ3v) is 5.09. The van der Waals surface area contributed by atoms with E-state index in [-0.39, 0.29) is 0 Å². The number of aliphatic imine (C=N–C) groups is 1. The third kappa shape index (κ3) is 3.73. The van der Waals surface area contributed by atoms with Gasteiger partial charge in [0.2, 0.25) is 0 Å². The second-order valence-electron chi connectivity index (χ2n) is 7.06. The van der Waals surface area contributed by atoms with E-state index in [0.717, 1.165) is 47.2 Å². The molecule has 0 unspecified atom stereocenters. The minimum Gasteiger partial charge on any atom is -0.383 e. The number of methoxy groups -OCH3 is 1. The molecule has 0 fully saturated rings. The Balaban J connectivity index is 1.66. The molecule has 154 valence electrons. The van der Waals surface area contributed by atoms with Crippen molar-refractivity contribution in [3.05, 3.63) is 54.4 Å². The van der Waals surface area contributed by atoms with E-state index in [1.807, 2.05) is 6.92 Å². The number of hydrogen-bond acceptors (Lipinski definition) is 7. The molecule has 0 N–H and O–H groups in total. The van der Waals surface area contributed by atoms with E-state index in [1.54, 1.807) is 36.6 Å². The van der Waals surface area contributed by atoms with Crippen LogP contribution in [-0.4, -0.2) is 57.9 Å². The fourth-order valence-corrected chi connectivity index (χ4v) is 3.46. The number of fused-ring (bicyclic) bond motifs is 1. The standard InChI is InChI=1S/C22H25N7O/c1-5-28(10-11-30-4)17-6-7-18(15(2)12-17)26-21-16(3)27-29-20(14-25-22(21)29)19-13-23-8-9-24-19/h6-9,12-14H,5,10-11H2,1-4H3. The Morgan fingerprint density at radius 2 is 2.00 bits per heavy atom. The van der Waals surface area contributed by atoms with Crippen LogP contribution in [0.5, 0.6) is 0 Å². The van der Waals surface area contributed by atoms with Crippen LogP contribution in [0.15, 0.2) is 53.1 Å². The zero-order valence-electron chi connectivity index (χ0n) is 17.7. The molecular weight excluding hydrogens is 378 g/mol. The van der Waals surface area contributed by atoms with E-state index in [9.17, 15) is 0 Å². The molecule has 0 aliphatic carbocycles. The van der Waals surface area contributed by atoms with Crippen molar-refractivity contribution in [3.63, 3.8) is 0 Å². The van der Waals surface area contributed by atoms with Gasteiger partial charge in [0.1, 0.15) is 17.1 Å². The predicted octanol–water partition coefficient (Wildman–Crippen LogP) is 3.48. The molecule has 2 aromatic heterocycles. The summed E-state index contributed by atoms with van der Waals surface area (Å²) < 4.78 is 7.01. The van der Waals surface area contributed by atoms with Crippen LogP contribution in [0.4, 0.5) is 11.4 Å². The smallest absolute Gasteiger partial charge is 0.182 e. The summed E-state index contributed by atoms with van der Waals surface area (Å²) in [6, 6.07) is 6.32. The fraction of sp³-hybridized carbons (Fsp3) is 0.318. The van der Waals surface area contributed by atoms with E-state index in [4.69, 9.17) is 9.73 Å². The molecule has 3 aromatic rings. The van der Waals surface area contributed by atoms with Gasteiger partial charge < -0.3 is 9.64 Å². The molecular formula is C22H25N7O. The number of imidazole rings is 1. The molecule has 1 aliphatic heterocycles. The van der Waals surface area contributed by atoms with Gasteiger partial charge in [-0.15, -0.1) is 0 Å². The molecule has 8 nitrogen and oxygen atoms in total. The number of aromatic nitrogens is 4. The number of aryl methyl sites for hydroxylation is 1. The van der Waals surface area contributed by atoms with Gasteiger partial charge in [-0.05, 0) is 44.5 Å². The number of ether oxygens (including phenoxy) is 1. The molecule has 0 amide bonds. The number of anilines is 1. The molecule has 0 bridgehead atoms. The summed E-state index contributed by atoms with van der Waals surface area (Å²) in [6.07, 6.45) is 6.77. The lowest BCUT2D eigenvalue weighted by Crippen LogP contribution is -2.26. The topological polar surface area (TPSA) is 80.8 Å². The quantitative estimate of drug-likeness (QED) is 0.603. The lowest BCUT2D eigenvalue weighted by atomic mass is 10.1. The van der Waals surface area contributed by atoms with E-state index >= 15 is 0 Å². The molecule has 0 atom stereocenters. The Hall–Kier alpha value is -3.39. The van der Waals surface area contributed by atoms with Gasteiger partial charge >= 0.3 is 0 Å². The molecule has 0 saturated heterocycles. The average Bonchev–Trinajstić information content (AvgIpc) is 3.30. The lowest BCUT2D eigenvalue weighted by molar-refractivity contribution is 0.205. The first kappa shape index (κ1) is 19.9. The molecule has 8 heteroatoms. The Labute approximate surface area is 176 Å². The van der Waals surface area contributed by atoms with E-state index < -0.39 is 0 Å². The van der Waals surface area contributed by atoms with Crippen molar-refractivity contribution in [1.29, 1.82) is 0 Å². The summed E-state index contributed by atoms with van der Waals surface area (Å²) in [5.41, 5.74) is 6.29. The molecule has 3 heterocycles. The summed E-state index contributed by atoms with van der Waals surface area (Å²) in [6.45, 7) is 8.64. The van der Waals surface area contributed by atoms with Crippen molar-refractivity contribution in [2.24, 2.45) is 10.1 Å². The van der Waals surface area contributed by atoms with Crippen molar-refractivity contribution in [2.45, 2.75) is 20.8 Å². The number of rotatable bonds is 7. The minimum atomic E-state index is 0.698. The maximum atomic E-state index is 5.22. The van der Waals surface area contributed by atoms with Gasteiger partial charge in [-0.3, -0.25) is 9.97 Å². The number of benzene rings is 1. The van der Waals surface area contributed by atoms with Gasteiger partial charge in [0, 0.05) is 38.3 Å². The Kier molecular flexibility index (Phi) is 5.67. The first-order valence-electron chi connectivity index (χ1n) is 9.96. The largest absolute Gasteiger partial charge is 0.383 e. The van der Waals surface area contributed by atoms with Gasteiger partial charge in [-0.2, -0.15) is 5.10 Å². The second kappa shape index (κ2) is 8.54. The summed E-state index contributed by atoms with van der Waals surface area (Å²) in [5.74, 6) is 0.715. The second-order valence-corrected chi connectivity index (χ2v) is 7.06. The van der Waals surface area contributed by atoms with Gasteiger partial charge in [0.25, 0.3) is 0 Å². The summed E-state index contributed by atoms with van der Waals surface area (Å²) in [5, 5.41) is 4.64. The molecule has 0 radical (unpaired) electrons. The van der Waals surface area contributed by atoms with Crippen LogP contribution in [0.2, 0.25) is 0 Å². The van der Waals surface area contributed by atoms with Crippen LogP contribution in [0.3, 0.4) is 0 Å². The molecule has 30 heavy (non-hydrogen) atoms. The zero-order valence-corrected chi connectivity index (χ0v) is 17.7.